The standard InChI is InChI=1S/C17H20BrF3N2O2/c1-10(2)16(25)23-7-3-4-11(9-23)15(24)22-12-5-6-14(18)13(8-12)17(19,20)21/h5-6,8,10-11H,3-4,7,9H2,1-2H3,(H,22,24). The number of amides is 2. The van der Waals surface area contributed by atoms with Gasteiger partial charge in [0.05, 0.1) is 11.5 Å². The average molecular weight is 421 g/mol. The first-order chi connectivity index (χ1) is 11.6. The summed E-state index contributed by atoms with van der Waals surface area (Å²) in [5.74, 6) is -0.950. The third kappa shape index (κ3) is 4.96. The van der Waals surface area contributed by atoms with Gasteiger partial charge in [-0.25, -0.2) is 0 Å². The minimum Gasteiger partial charge on any atom is -0.342 e. The van der Waals surface area contributed by atoms with E-state index in [1.807, 2.05) is 0 Å². The van der Waals surface area contributed by atoms with Crippen molar-refractivity contribution >= 4 is 33.4 Å². The summed E-state index contributed by atoms with van der Waals surface area (Å²) in [6.07, 6.45) is -3.20. The molecule has 1 fully saturated rings. The smallest absolute Gasteiger partial charge is 0.342 e. The first-order valence-electron chi connectivity index (χ1n) is 8.06. The number of carbonyl (C=O) groups excluding carboxylic acids is 2. The number of likely N-dealkylation sites (tertiary alicyclic amines) is 1. The third-order valence-corrected chi connectivity index (χ3v) is 4.83. The largest absolute Gasteiger partial charge is 0.417 e. The van der Waals surface area contributed by atoms with E-state index in [0.717, 1.165) is 6.07 Å². The van der Waals surface area contributed by atoms with Crippen molar-refractivity contribution in [2.24, 2.45) is 11.8 Å². The van der Waals surface area contributed by atoms with Crippen LogP contribution in [-0.4, -0.2) is 29.8 Å². The lowest BCUT2D eigenvalue weighted by Crippen LogP contribution is -2.45. The van der Waals surface area contributed by atoms with Gasteiger partial charge in [-0.1, -0.05) is 29.8 Å². The van der Waals surface area contributed by atoms with E-state index in [4.69, 9.17) is 0 Å². The Morgan fingerprint density at radius 2 is 2.00 bits per heavy atom. The first kappa shape index (κ1) is 19.8. The number of alkyl halides is 3. The number of rotatable bonds is 3. The maximum absolute atomic E-state index is 12.9. The number of anilines is 1. The number of piperidine rings is 1. The van der Waals surface area contributed by atoms with Gasteiger partial charge in [-0.2, -0.15) is 13.2 Å². The number of benzene rings is 1. The third-order valence-electron chi connectivity index (χ3n) is 4.14. The van der Waals surface area contributed by atoms with Crippen LogP contribution >= 0.6 is 15.9 Å². The monoisotopic (exact) mass is 420 g/mol. The number of carbonyl (C=O) groups is 2. The highest BCUT2D eigenvalue weighted by Crippen LogP contribution is 2.36. The lowest BCUT2D eigenvalue weighted by atomic mass is 9.96. The molecule has 138 valence electrons. The van der Waals surface area contributed by atoms with E-state index in [-0.39, 0.29) is 27.9 Å². The van der Waals surface area contributed by atoms with E-state index in [0.29, 0.717) is 25.9 Å². The molecule has 25 heavy (non-hydrogen) atoms. The molecule has 0 aromatic heterocycles. The van der Waals surface area contributed by atoms with Gasteiger partial charge in [0.25, 0.3) is 0 Å². The van der Waals surface area contributed by atoms with Crippen LogP contribution in [0.2, 0.25) is 0 Å². The van der Waals surface area contributed by atoms with E-state index < -0.39 is 17.7 Å². The zero-order valence-electron chi connectivity index (χ0n) is 14.0. The highest BCUT2D eigenvalue weighted by atomic mass is 79.9. The van der Waals surface area contributed by atoms with Crippen molar-refractivity contribution in [3.8, 4) is 0 Å². The summed E-state index contributed by atoms with van der Waals surface area (Å²) in [6.45, 7) is 4.50. The lowest BCUT2D eigenvalue weighted by molar-refractivity contribution is -0.139. The van der Waals surface area contributed by atoms with Gasteiger partial charge in [-0.15, -0.1) is 0 Å². The van der Waals surface area contributed by atoms with Crippen LogP contribution in [0.5, 0.6) is 0 Å². The second-order valence-electron chi connectivity index (χ2n) is 6.46. The zero-order chi connectivity index (χ0) is 18.8. The minimum atomic E-state index is -4.51. The summed E-state index contributed by atoms with van der Waals surface area (Å²) >= 11 is 2.87. The summed E-state index contributed by atoms with van der Waals surface area (Å²) < 4.78 is 38.8. The normalized spacial score (nSPS) is 18.4. The molecule has 1 aromatic carbocycles. The maximum atomic E-state index is 12.9. The van der Waals surface area contributed by atoms with Crippen molar-refractivity contribution < 1.29 is 22.8 Å². The molecule has 0 spiro atoms. The number of hydrogen-bond acceptors (Lipinski definition) is 2. The molecule has 4 nitrogen and oxygen atoms in total. The maximum Gasteiger partial charge on any atom is 0.417 e. The first-order valence-corrected chi connectivity index (χ1v) is 8.85. The molecule has 1 unspecified atom stereocenters. The van der Waals surface area contributed by atoms with Gasteiger partial charge < -0.3 is 10.2 Å². The lowest BCUT2D eigenvalue weighted by Gasteiger charge is -2.33. The molecule has 1 heterocycles. The van der Waals surface area contributed by atoms with Crippen molar-refractivity contribution in [1.29, 1.82) is 0 Å². The van der Waals surface area contributed by atoms with Crippen LogP contribution in [0, 0.1) is 11.8 Å². The molecule has 1 aliphatic heterocycles. The topological polar surface area (TPSA) is 49.4 Å². The summed E-state index contributed by atoms with van der Waals surface area (Å²) in [6, 6.07) is 3.58. The fraction of sp³-hybridized carbons (Fsp3) is 0.529. The molecule has 0 aliphatic carbocycles. The van der Waals surface area contributed by atoms with Crippen LogP contribution in [-0.2, 0) is 15.8 Å². The van der Waals surface area contributed by atoms with Crippen LogP contribution in [0.3, 0.4) is 0 Å². The van der Waals surface area contributed by atoms with Gasteiger partial charge in [-0.3, -0.25) is 9.59 Å². The molecule has 1 atom stereocenters. The predicted octanol–water partition coefficient (Wildman–Crippen LogP) is 4.30. The Morgan fingerprint density at radius 3 is 2.60 bits per heavy atom. The predicted molar refractivity (Wildman–Crippen MR) is 91.9 cm³/mol. The summed E-state index contributed by atoms with van der Waals surface area (Å²) in [7, 11) is 0. The van der Waals surface area contributed by atoms with Gasteiger partial charge in [0.15, 0.2) is 0 Å². The molecule has 0 bridgehead atoms. The van der Waals surface area contributed by atoms with E-state index in [2.05, 4.69) is 21.2 Å². The summed E-state index contributed by atoms with van der Waals surface area (Å²) in [4.78, 5) is 26.1. The molecule has 0 saturated carbocycles. The molecule has 2 rings (SSSR count). The van der Waals surface area contributed by atoms with Crippen LogP contribution in [0.1, 0.15) is 32.3 Å². The zero-order valence-corrected chi connectivity index (χ0v) is 15.6. The van der Waals surface area contributed by atoms with Crippen LogP contribution in [0.4, 0.5) is 18.9 Å². The Bertz CT molecular complexity index is 662. The van der Waals surface area contributed by atoms with Crippen molar-refractivity contribution in [3.63, 3.8) is 0 Å². The Labute approximate surface area is 152 Å². The highest BCUT2D eigenvalue weighted by molar-refractivity contribution is 9.10. The van der Waals surface area contributed by atoms with E-state index in [1.165, 1.54) is 12.1 Å². The summed E-state index contributed by atoms with van der Waals surface area (Å²) in [5, 5.41) is 2.54. The van der Waals surface area contributed by atoms with Gasteiger partial charge in [0.2, 0.25) is 11.8 Å². The molecule has 1 aromatic rings. The van der Waals surface area contributed by atoms with Gasteiger partial charge in [-0.05, 0) is 31.0 Å². The molecular weight excluding hydrogens is 401 g/mol. The second kappa shape index (κ2) is 7.76. The van der Waals surface area contributed by atoms with Crippen molar-refractivity contribution in [1.82, 2.24) is 4.90 Å². The second-order valence-corrected chi connectivity index (χ2v) is 7.31. The minimum absolute atomic E-state index is 0.0134. The highest BCUT2D eigenvalue weighted by Gasteiger charge is 2.34. The summed E-state index contributed by atoms with van der Waals surface area (Å²) in [5.41, 5.74) is -0.751. The Morgan fingerprint density at radius 1 is 1.32 bits per heavy atom. The van der Waals surface area contributed by atoms with Crippen LogP contribution in [0.25, 0.3) is 0 Å². The molecule has 1 N–H and O–H groups in total. The fourth-order valence-electron chi connectivity index (χ4n) is 2.82. The quantitative estimate of drug-likeness (QED) is 0.792. The Hall–Kier alpha value is -1.57. The Kier molecular flexibility index (Phi) is 6.13. The van der Waals surface area contributed by atoms with E-state index in [1.54, 1.807) is 18.7 Å². The van der Waals surface area contributed by atoms with Crippen molar-refractivity contribution in [2.75, 3.05) is 18.4 Å². The SMILES string of the molecule is CC(C)C(=O)N1CCCC(C(=O)Nc2ccc(Br)c(C(F)(F)F)c2)C1. The number of nitrogens with zero attached hydrogens (tertiary/aromatic N) is 1. The molecule has 8 heteroatoms. The average Bonchev–Trinajstić information content (AvgIpc) is 2.54. The van der Waals surface area contributed by atoms with E-state index in [9.17, 15) is 22.8 Å². The molecule has 1 aliphatic rings. The van der Waals surface area contributed by atoms with Crippen LogP contribution in [0.15, 0.2) is 22.7 Å². The molecule has 2 amide bonds. The number of hydrogen-bond donors (Lipinski definition) is 1. The van der Waals surface area contributed by atoms with Crippen LogP contribution < -0.4 is 5.32 Å². The molecule has 0 radical (unpaired) electrons. The molecule has 1 saturated heterocycles. The van der Waals surface area contributed by atoms with Gasteiger partial charge in [0.1, 0.15) is 0 Å². The number of nitrogens with one attached hydrogen (secondary N) is 1. The Balaban J connectivity index is 2.08. The molecular formula is C17H20BrF3N2O2. The number of halogens is 4. The fourth-order valence-corrected chi connectivity index (χ4v) is 3.29. The van der Waals surface area contributed by atoms with Gasteiger partial charge in [0, 0.05) is 29.2 Å². The van der Waals surface area contributed by atoms with Crippen molar-refractivity contribution in [2.45, 2.75) is 32.9 Å². The van der Waals surface area contributed by atoms with Crippen molar-refractivity contribution in [3.05, 3.63) is 28.2 Å². The van der Waals surface area contributed by atoms with E-state index >= 15 is 0 Å². The van der Waals surface area contributed by atoms with Gasteiger partial charge >= 0.3 is 6.18 Å².